The number of benzene rings is 4. The van der Waals surface area contributed by atoms with Crippen LogP contribution in [0.2, 0.25) is 10.0 Å². The van der Waals surface area contributed by atoms with Gasteiger partial charge in [0.25, 0.3) is 0 Å². The Morgan fingerprint density at radius 1 is 0.970 bits per heavy atom. The van der Waals surface area contributed by atoms with E-state index in [0.717, 1.165) is 18.2 Å². The molecule has 0 atom stereocenters. The first-order valence-corrected chi connectivity index (χ1v) is 10.8. The molecule has 0 unspecified atom stereocenters. The van der Waals surface area contributed by atoms with Crippen LogP contribution in [0.1, 0.15) is 15.9 Å². The Balaban J connectivity index is 1.85. The van der Waals surface area contributed by atoms with E-state index in [-0.39, 0.29) is 12.1 Å². The Bertz CT molecular complexity index is 1560. The smallest absolute Gasteiger partial charge is 0.249 e. The Hall–Kier alpha value is -3.41. The van der Waals surface area contributed by atoms with Gasteiger partial charge in [-0.15, -0.1) is 0 Å². The van der Waals surface area contributed by atoms with Crippen LogP contribution in [0.25, 0.3) is 32.9 Å². The maximum absolute atomic E-state index is 14.5. The molecule has 0 aliphatic carbocycles. The van der Waals surface area contributed by atoms with E-state index in [1.165, 1.54) is 0 Å². The van der Waals surface area contributed by atoms with E-state index in [1.807, 2.05) is 6.07 Å². The molecular formula is C26H15Cl2F2N2O. The summed E-state index contributed by atoms with van der Waals surface area (Å²) >= 11 is 12.8. The number of amides is 1. The van der Waals surface area contributed by atoms with Crippen LogP contribution >= 0.6 is 23.2 Å². The van der Waals surface area contributed by atoms with E-state index in [9.17, 15) is 13.6 Å². The van der Waals surface area contributed by atoms with E-state index in [0.29, 0.717) is 48.5 Å². The summed E-state index contributed by atoms with van der Waals surface area (Å²) in [5.41, 5.74) is 8.73. The number of halogens is 4. The molecule has 7 heteroatoms. The van der Waals surface area contributed by atoms with Gasteiger partial charge in [0.2, 0.25) is 5.91 Å². The number of primary amides is 1. The van der Waals surface area contributed by atoms with Crippen molar-refractivity contribution in [1.29, 1.82) is 0 Å². The lowest BCUT2D eigenvalue weighted by Crippen LogP contribution is -2.11. The highest BCUT2D eigenvalue weighted by Crippen LogP contribution is 2.39. The molecule has 1 radical (unpaired) electrons. The lowest BCUT2D eigenvalue weighted by molar-refractivity contribution is 0.100. The van der Waals surface area contributed by atoms with Gasteiger partial charge in [-0.25, -0.2) is 8.78 Å². The molecule has 0 bridgehead atoms. The maximum Gasteiger partial charge on any atom is 0.249 e. The number of carbonyl (C=O) groups excluding carboxylic acids is 1. The normalized spacial score (nSPS) is 11.4. The summed E-state index contributed by atoms with van der Waals surface area (Å²) in [6, 6.07) is 20.5. The SMILES string of the molecule is NC(=O)c1cccc2c1c1[c]cc(-c3c(Cl)cccc3Cl)cc1n2Cc1cc(F)ccc1F. The average molecular weight is 480 g/mol. The third kappa shape index (κ3) is 3.63. The number of hydrogen-bond donors (Lipinski definition) is 1. The van der Waals surface area contributed by atoms with Crippen LogP contribution in [0.3, 0.4) is 0 Å². The zero-order chi connectivity index (χ0) is 23.3. The van der Waals surface area contributed by atoms with Gasteiger partial charge < -0.3 is 10.3 Å². The van der Waals surface area contributed by atoms with Crippen molar-refractivity contribution in [3.63, 3.8) is 0 Å². The minimum absolute atomic E-state index is 0.0271. The molecule has 5 aromatic rings. The van der Waals surface area contributed by atoms with Gasteiger partial charge >= 0.3 is 0 Å². The highest BCUT2D eigenvalue weighted by atomic mass is 35.5. The fourth-order valence-electron chi connectivity index (χ4n) is 4.18. The Labute approximate surface area is 197 Å². The number of aromatic nitrogens is 1. The van der Waals surface area contributed by atoms with E-state index in [2.05, 4.69) is 6.07 Å². The van der Waals surface area contributed by atoms with Gasteiger partial charge in [-0.3, -0.25) is 4.79 Å². The molecule has 0 saturated heterocycles. The van der Waals surface area contributed by atoms with Crippen molar-refractivity contribution in [2.24, 2.45) is 5.73 Å². The number of nitrogens with zero attached hydrogens (tertiary/aromatic N) is 1. The highest BCUT2D eigenvalue weighted by molar-refractivity contribution is 6.39. The lowest BCUT2D eigenvalue weighted by Gasteiger charge is -2.11. The fraction of sp³-hybridized carbons (Fsp3) is 0.0385. The van der Waals surface area contributed by atoms with Crippen LogP contribution in [0.4, 0.5) is 8.78 Å². The standard InChI is InChI=1S/C26H15Cl2F2N2O/c27-19-4-2-5-20(28)24(19)14-7-9-17-23(12-14)32(13-15-11-16(29)8-10-21(15)30)22-6-1-3-18(25(17)22)26(31)33/h1-8,10-12H,13H2,(H2,31,33). The summed E-state index contributed by atoms with van der Waals surface area (Å²) in [7, 11) is 0. The summed E-state index contributed by atoms with van der Waals surface area (Å²) in [5.74, 6) is -1.67. The topological polar surface area (TPSA) is 48.0 Å². The molecule has 1 amide bonds. The molecule has 0 saturated carbocycles. The van der Waals surface area contributed by atoms with Gasteiger partial charge in [-0.05, 0) is 66.2 Å². The number of hydrogen-bond acceptors (Lipinski definition) is 1. The first kappa shape index (κ1) is 21.4. The van der Waals surface area contributed by atoms with Crippen molar-refractivity contribution in [3.8, 4) is 11.1 Å². The fourth-order valence-corrected chi connectivity index (χ4v) is 4.80. The predicted molar refractivity (Wildman–Crippen MR) is 128 cm³/mol. The minimum Gasteiger partial charge on any atom is -0.366 e. The van der Waals surface area contributed by atoms with Gasteiger partial charge in [0.15, 0.2) is 0 Å². The van der Waals surface area contributed by atoms with Crippen molar-refractivity contribution in [2.45, 2.75) is 6.54 Å². The summed E-state index contributed by atoms with van der Waals surface area (Å²) in [5, 5.41) is 2.15. The summed E-state index contributed by atoms with van der Waals surface area (Å²) in [6.45, 7) is 0.0271. The van der Waals surface area contributed by atoms with Gasteiger partial charge in [-0.1, -0.05) is 35.3 Å². The first-order valence-electron chi connectivity index (χ1n) is 10.00. The highest BCUT2D eigenvalue weighted by Gasteiger charge is 2.19. The average Bonchev–Trinajstić information content (AvgIpc) is 3.09. The summed E-state index contributed by atoms with van der Waals surface area (Å²) in [6.07, 6.45) is 0. The third-order valence-electron chi connectivity index (χ3n) is 5.65. The van der Waals surface area contributed by atoms with Gasteiger partial charge in [0.05, 0.1) is 17.6 Å². The maximum atomic E-state index is 14.5. The second-order valence-corrected chi connectivity index (χ2v) is 8.45. The van der Waals surface area contributed by atoms with Crippen molar-refractivity contribution in [1.82, 2.24) is 4.57 Å². The third-order valence-corrected chi connectivity index (χ3v) is 6.28. The molecule has 2 N–H and O–H groups in total. The van der Waals surface area contributed by atoms with Crippen LogP contribution in [0.5, 0.6) is 0 Å². The van der Waals surface area contributed by atoms with Crippen molar-refractivity contribution < 1.29 is 13.6 Å². The van der Waals surface area contributed by atoms with Crippen molar-refractivity contribution >= 4 is 50.9 Å². The van der Waals surface area contributed by atoms with E-state index >= 15 is 0 Å². The van der Waals surface area contributed by atoms with Crippen LogP contribution < -0.4 is 5.73 Å². The predicted octanol–water partition coefficient (Wildman–Crippen LogP) is 6.99. The molecule has 0 aliphatic rings. The van der Waals surface area contributed by atoms with Gasteiger partial charge in [0, 0.05) is 37.5 Å². The monoisotopic (exact) mass is 479 g/mol. The molecule has 3 nitrogen and oxygen atoms in total. The molecular weight excluding hydrogens is 465 g/mol. The second kappa shape index (κ2) is 8.18. The van der Waals surface area contributed by atoms with Crippen LogP contribution in [-0.2, 0) is 6.54 Å². The van der Waals surface area contributed by atoms with Gasteiger partial charge in [0.1, 0.15) is 11.6 Å². The van der Waals surface area contributed by atoms with Crippen LogP contribution in [0.15, 0.2) is 66.7 Å². The number of nitrogens with two attached hydrogens (primary N) is 1. The zero-order valence-corrected chi connectivity index (χ0v) is 18.5. The summed E-state index contributed by atoms with van der Waals surface area (Å²) < 4.78 is 30.2. The molecule has 33 heavy (non-hydrogen) atoms. The molecule has 1 heterocycles. The number of fused-ring (bicyclic) bond motifs is 3. The minimum atomic E-state index is -0.594. The second-order valence-electron chi connectivity index (χ2n) is 7.63. The van der Waals surface area contributed by atoms with Gasteiger partial charge in [-0.2, -0.15) is 0 Å². The number of rotatable bonds is 4. The van der Waals surface area contributed by atoms with E-state index in [4.69, 9.17) is 28.9 Å². The largest absolute Gasteiger partial charge is 0.366 e. The Morgan fingerprint density at radius 2 is 1.70 bits per heavy atom. The number of carbonyl (C=O) groups is 1. The lowest BCUT2D eigenvalue weighted by atomic mass is 10.0. The van der Waals surface area contributed by atoms with E-state index < -0.39 is 17.5 Å². The van der Waals surface area contributed by atoms with Crippen molar-refractivity contribution in [3.05, 3.63) is 106 Å². The molecule has 0 spiro atoms. The Morgan fingerprint density at radius 3 is 2.42 bits per heavy atom. The zero-order valence-electron chi connectivity index (χ0n) is 17.0. The first-order chi connectivity index (χ1) is 15.8. The van der Waals surface area contributed by atoms with Crippen LogP contribution in [-0.4, -0.2) is 10.5 Å². The molecule has 1 aromatic heterocycles. The van der Waals surface area contributed by atoms with Crippen molar-refractivity contribution in [2.75, 3.05) is 0 Å². The molecule has 5 rings (SSSR count). The molecule has 163 valence electrons. The Kier molecular flexibility index (Phi) is 5.31. The molecule has 0 aliphatic heterocycles. The van der Waals surface area contributed by atoms with E-state index in [1.54, 1.807) is 47.0 Å². The molecule has 0 fully saturated rings. The summed E-state index contributed by atoms with van der Waals surface area (Å²) in [4.78, 5) is 12.2. The van der Waals surface area contributed by atoms with Crippen LogP contribution in [0, 0.1) is 17.7 Å². The molecule has 4 aromatic carbocycles. The quantitative estimate of drug-likeness (QED) is 0.296.